The van der Waals surface area contributed by atoms with E-state index in [-0.39, 0.29) is 6.03 Å². The maximum Gasteiger partial charge on any atom is 0.417 e. The summed E-state index contributed by atoms with van der Waals surface area (Å²) in [6.45, 7) is 2.16. The van der Waals surface area contributed by atoms with E-state index in [1.807, 2.05) is 4.90 Å². The first-order valence-electron chi connectivity index (χ1n) is 6.53. The molecule has 1 saturated heterocycles. The van der Waals surface area contributed by atoms with Gasteiger partial charge in [0.05, 0.1) is 5.56 Å². The fraction of sp³-hybridized carbons (Fsp3) is 0.538. The highest BCUT2D eigenvalue weighted by Crippen LogP contribution is 2.29. The van der Waals surface area contributed by atoms with E-state index in [9.17, 15) is 18.0 Å². The number of hydrogen-bond donors (Lipinski definition) is 0. The highest BCUT2D eigenvalue weighted by atomic mass is 19.4. The molecule has 21 heavy (non-hydrogen) atoms. The third-order valence-corrected chi connectivity index (χ3v) is 3.33. The summed E-state index contributed by atoms with van der Waals surface area (Å²) in [6.07, 6.45) is -3.53. The van der Waals surface area contributed by atoms with Crippen LogP contribution in [-0.2, 0) is 6.18 Å². The van der Waals surface area contributed by atoms with Crippen LogP contribution in [0.15, 0.2) is 18.3 Å². The summed E-state index contributed by atoms with van der Waals surface area (Å²) >= 11 is 0. The molecule has 2 amide bonds. The molecule has 2 rings (SSSR count). The molecule has 0 aromatic carbocycles. The molecule has 1 aromatic rings. The first-order chi connectivity index (χ1) is 9.79. The van der Waals surface area contributed by atoms with Crippen molar-refractivity contribution < 1.29 is 18.0 Å². The Morgan fingerprint density at radius 3 is 2.24 bits per heavy atom. The summed E-state index contributed by atoms with van der Waals surface area (Å²) in [5.41, 5.74) is -0.757. The lowest BCUT2D eigenvalue weighted by molar-refractivity contribution is -0.137. The van der Waals surface area contributed by atoms with Gasteiger partial charge in [0.15, 0.2) is 0 Å². The quantitative estimate of drug-likeness (QED) is 0.795. The topological polar surface area (TPSA) is 39.7 Å². The van der Waals surface area contributed by atoms with E-state index in [1.54, 1.807) is 19.0 Å². The monoisotopic (exact) mass is 302 g/mol. The number of aromatic nitrogens is 1. The number of urea groups is 1. The fourth-order valence-corrected chi connectivity index (χ4v) is 2.15. The van der Waals surface area contributed by atoms with Gasteiger partial charge in [-0.05, 0) is 12.1 Å². The Morgan fingerprint density at radius 2 is 1.81 bits per heavy atom. The second kappa shape index (κ2) is 5.79. The van der Waals surface area contributed by atoms with E-state index in [2.05, 4.69) is 4.98 Å². The summed E-state index contributed by atoms with van der Waals surface area (Å²) in [5, 5.41) is 0. The average Bonchev–Trinajstić information content (AvgIpc) is 2.46. The lowest BCUT2D eigenvalue weighted by atomic mass is 10.2. The third-order valence-electron chi connectivity index (χ3n) is 3.33. The van der Waals surface area contributed by atoms with Gasteiger partial charge in [-0.25, -0.2) is 9.78 Å². The van der Waals surface area contributed by atoms with Crippen LogP contribution in [-0.4, -0.2) is 61.1 Å². The zero-order chi connectivity index (χ0) is 15.6. The van der Waals surface area contributed by atoms with E-state index in [1.165, 1.54) is 11.0 Å². The van der Waals surface area contributed by atoms with Crippen molar-refractivity contribution in [3.05, 3.63) is 23.9 Å². The molecular weight excluding hydrogens is 285 g/mol. The number of halogens is 3. The van der Waals surface area contributed by atoms with Gasteiger partial charge in [0.2, 0.25) is 0 Å². The number of rotatable bonds is 1. The van der Waals surface area contributed by atoms with Gasteiger partial charge in [-0.2, -0.15) is 13.2 Å². The van der Waals surface area contributed by atoms with Crippen molar-refractivity contribution in [2.24, 2.45) is 0 Å². The minimum Gasteiger partial charge on any atom is -0.353 e. The number of amides is 2. The predicted molar refractivity (Wildman–Crippen MR) is 72.1 cm³/mol. The van der Waals surface area contributed by atoms with Crippen LogP contribution in [0.25, 0.3) is 0 Å². The second-order valence-corrected chi connectivity index (χ2v) is 5.05. The molecule has 8 heteroatoms. The van der Waals surface area contributed by atoms with Crippen molar-refractivity contribution >= 4 is 11.8 Å². The Labute approximate surface area is 121 Å². The zero-order valence-electron chi connectivity index (χ0n) is 11.9. The van der Waals surface area contributed by atoms with Crippen LogP contribution in [0.1, 0.15) is 5.56 Å². The lowest BCUT2D eigenvalue weighted by Gasteiger charge is -2.36. The van der Waals surface area contributed by atoms with Crippen LogP contribution in [0.4, 0.5) is 23.8 Å². The number of piperazine rings is 1. The average molecular weight is 302 g/mol. The SMILES string of the molecule is CN(C)C(=O)N1CCN(c2ccc(C(F)(F)F)cn2)CC1. The molecule has 1 aromatic heterocycles. The molecule has 1 aliphatic rings. The van der Waals surface area contributed by atoms with Crippen LogP contribution in [0.3, 0.4) is 0 Å². The summed E-state index contributed by atoms with van der Waals surface area (Å²) < 4.78 is 37.4. The Morgan fingerprint density at radius 1 is 1.19 bits per heavy atom. The fourth-order valence-electron chi connectivity index (χ4n) is 2.15. The van der Waals surface area contributed by atoms with Crippen molar-refractivity contribution in [1.82, 2.24) is 14.8 Å². The van der Waals surface area contributed by atoms with Crippen LogP contribution in [0, 0.1) is 0 Å². The Hall–Kier alpha value is -1.99. The van der Waals surface area contributed by atoms with Gasteiger partial charge in [-0.3, -0.25) is 0 Å². The van der Waals surface area contributed by atoms with E-state index in [0.717, 1.165) is 12.3 Å². The lowest BCUT2D eigenvalue weighted by Crippen LogP contribution is -2.51. The van der Waals surface area contributed by atoms with Crippen LogP contribution in [0.2, 0.25) is 0 Å². The van der Waals surface area contributed by atoms with E-state index >= 15 is 0 Å². The van der Waals surface area contributed by atoms with Crippen molar-refractivity contribution in [2.45, 2.75) is 6.18 Å². The Balaban J connectivity index is 1.98. The molecule has 5 nitrogen and oxygen atoms in total. The van der Waals surface area contributed by atoms with Gasteiger partial charge in [0.25, 0.3) is 0 Å². The molecule has 0 radical (unpaired) electrons. The number of anilines is 1. The highest BCUT2D eigenvalue weighted by molar-refractivity contribution is 5.74. The number of alkyl halides is 3. The number of pyridine rings is 1. The molecule has 0 spiro atoms. The van der Waals surface area contributed by atoms with Gasteiger partial charge in [0.1, 0.15) is 5.82 Å². The normalized spacial score (nSPS) is 16.0. The molecule has 2 heterocycles. The maximum absolute atomic E-state index is 12.5. The number of nitrogens with zero attached hydrogens (tertiary/aromatic N) is 4. The summed E-state index contributed by atoms with van der Waals surface area (Å²) in [6, 6.07) is 2.33. The number of carbonyl (C=O) groups is 1. The molecule has 0 saturated carbocycles. The van der Waals surface area contributed by atoms with Crippen molar-refractivity contribution in [3.63, 3.8) is 0 Å². The molecule has 1 aliphatic heterocycles. The molecule has 0 bridgehead atoms. The minimum atomic E-state index is -4.37. The van der Waals surface area contributed by atoms with Crippen LogP contribution < -0.4 is 4.90 Å². The molecule has 0 N–H and O–H groups in total. The summed E-state index contributed by atoms with van der Waals surface area (Å²) in [7, 11) is 3.37. The van der Waals surface area contributed by atoms with Crippen molar-refractivity contribution in [1.29, 1.82) is 0 Å². The van der Waals surface area contributed by atoms with Gasteiger partial charge in [-0.1, -0.05) is 0 Å². The second-order valence-electron chi connectivity index (χ2n) is 5.05. The van der Waals surface area contributed by atoms with Crippen molar-refractivity contribution in [3.8, 4) is 0 Å². The zero-order valence-corrected chi connectivity index (χ0v) is 11.9. The van der Waals surface area contributed by atoms with Gasteiger partial charge < -0.3 is 14.7 Å². The van der Waals surface area contributed by atoms with Gasteiger partial charge in [0, 0.05) is 46.5 Å². The molecular formula is C13H17F3N4O. The predicted octanol–water partition coefficient (Wildman–Crippen LogP) is 1.90. The van der Waals surface area contributed by atoms with Crippen LogP contribution in [0.5, 0.6) is 0 Å². The van der Waals surface area contributed by atoms with E-state index in [4.69, 9.17) is 0 Å². The minimum absolute atomic E-state index is 0.0602. The number of hydrogen-bond acceptors (Lipinski definition) is 3. The first-order valence-corrected chi connectivity index (χ1v) is 6.53. The van der Waals surface area contributed by atoms with E-state index in [0.29, 0.717) is 32.0 Å². The summed E-state index contributed by atoms with van der Waals surface area (Å²) in [5.74, 6) is 0.500. The number of carbonyl (C=O) groups excluding carboxylic acids is 1. The van der Waals surface area contributed by atoms with Gasteiger partial charge >= 0.3 is 12.2 Å². The van der Waals surface area contributed by atoms with Gasteiger partial charge in [-0.15, -0.1) is 0 Å². The molecule has 116 valence electrons. The Bertz CT molecular complexity index is 493. The largest absolute Gasteiger partial charge is 0.417 e. The standard InChI is InChI=1S/C13H17F3N4O/c1-18(2)12(21)20-7-5-19(6-8-20)11-4-3-10(9-17-11)13(14,15)16/h3-4,9H,5-8H2,1-2H3. The first kappa shape index (κ1) is 15.4. The summed E-state index contributed by atoms with van der Waals surface area (Å²) in [4.78, 5) is 20.7. The third kappa shape index (κ3) is 3.56. The molecule has 0 atom stereocenters. The molecule has 1 fully saturated rings. The molecule has 0 aliphatic carbocycles. The van der Waals surface area contributed by atoms with Crippen molar-refractivity contribution in [2.75, 3.05) is 45.2 Å². The van der Waals surface area contributed by atoms with Crippen LogP contribution >= 0.6 is 0 Å². The molecule has 0 unspecified atom stereocenters. The maximum atomic E-state index is 12.5. The highest BCUT2D eigenvalue weighted by Gasteiger charge is 2.31. The smallest absolute Gasteiger partial charge is 0.353 e. The Kier molecular flexibility index (Phi) is 4.24. The van der Waals surface area contributed by atoms with E-state index < -0.39 is 11.7 Å².